The molecule has 9 heteroatoms. The predicted octanol–water partition coefficient (Wildman–Crippen LogP) is 6.61. The summed E-state index contributed by atoms with van der Waals surface area (Å²) in [6.07, 6.45) is 0.129. The number of hydrogen-bond donors (Lipinski definition) is 2. The molecule has 1 aromatic carbocycles. The Hall–Kier alpha value is -3.23. The lowest BCUT2D eigenvalue weighted by Gasteiger charge is -2.37. The Kier molecular flexibility index (Phi) is 8.64. The fourth-order valence-corrected chi connectivity index (χ4v) is 4.44. The molecule has 35 heavy (non-hydrogen) atoms. The molecule has 2 N–H and O–H groups in total. The van der Waals surface area contributed by atoms with Gasteiger partial charge in [-0.15, -0.1) is 0 Å². The third-order valence-corrected chi connectivity index (χ3v) is 6.16. The summed E-state index contributed by atoms with van der Waals surface area (Å²) < 4.78 is 32.1. The van der Waals surface area contributed by atoms with E-state index in [0.717, 1.165) is 17.3 Å². The molecule has 1 fully saturated rings. The molecule has 0 atom stereocenters. The maximum absolute atomic E-state index is 13.7. The van der Waals surface area contributed by atoms with Gasteiger partial charge in [0, 0.05) is 17.8 Å². The summed E-state index contributed by atoms with van der Waals surface area (Å²) in [4.78, 5) is 30.6. The molecular formula is C26H33F2N3O4. The smallest absolute Gasteiger partial charge is 0.326 e. The second kappa shape index (κ2) is 11.5. The van der Waals surface area contributed by atoms with Gasteiger partial charge >= 0.3 is 12.0 Å². The van der Waals surface area contributed by atoms with Gasteiger partial charge in [0.25, 0.3) is 6.43 Å². The minimum atomic E-state index is -2.77. The normalized spacial score (nSPS) is 18.1. The summed E-state index contributed by atoms with van der Waals surface area (Å²) in [5.74, 6) is -0.981. The van der Waals surface area contributed by atoms with Gasteiger partial charge in [0.2, 0.25) is 0 Å². The number of carbonyl (C=O) groups is 2. The average molecular weight is 490 g/mol. The van der Waals surface area contributed by atoms with Crippen molar-refractivity contribution >= 4 is 23.4 Å². The molecule has 7 nitrogen and oxygen atoms in total. The number of aromatic nitrogens is 1. The number of pyridine rings is 1. The SMILES string of the molecule is CC(C)Oc1cc(C(F)F)ncc1NC(=O)N(c1ccccc1C(C)C)C1CCC(C(=O)O)CC1. The Morgan fingerprint density at radius 2 is 1.77 bits per heavy atom. The van der Waals surface area contributed by atoms with E-state index in [1.807, 2.05) is 38.1 Å². The van der Waals surface area contributed by atoms with E-state index in [1.54, 1.807) is 18.7 Å². The Balaban J connectivity index is 1.97. The molecule has 0 bridgehead atoms. The first-order chi connectivity index (χ1) is 16.6. The van der Waals surface area contributed by atoms with Crippen molar-refractivity contribution in [2.45, 2.75) is 77.9 Å². The fourth-order valence-electron chi connectivity index (χ4n) is 4.44. The van der Waals surface area contributed by atoms with Crippen LogP contribution in [0, 0.1) is 5.92 Å². The molecule has 0 saturated heterocycles. The van der Waals surface area contributed by atoms with Crippen LogP contribution in [0.5, 0.6) is 5.75 Å². The molecule has 1 aliphatic rings. The number of ether oxygens (including phenoxy) is 1. The molecule has 3 rings (SSSR count). The standard InChI is InChI=1S/C26H33F2N3O4/c1-15(2)19-7-5-6-8-22(19)31(18-11-9-17(10-12-18)25(32)33)26(34)30-21-14-29-20(24(27)28)13-23(21)35-16(3)4/h5-8,13-18,24H,9-12H2,1-4H3,(H,30,34)(H,32,33). The van der Waals surface area contributed by atoms with Gasteiger partial charge in [-0.3, -0.25) is 14.7 Å². The highest BCUT2D eigenvalue weighted by molar-refractivity contribution is 6.03. The van der Waals surface area contributed by atoms with Crippen molar-refractivity contribution in [2.75, 3.05) is 10.2 Å². The Bertz CT molecular complexity index is 1040. The van der Waals surface area contributed by atoms with E-state index < -0.39 is 30.0 Å². The van der Waals surface area contributed by atoms with Crippen LogP contribution >= 0.6 is 0 Å². The number of carbonyl (C=O) groups excluding carboxylic acids is 1. The summed E-state index contributed by atoms with van der Waals surface area (Å²) in [5.41, 5.74) is 1.47. The zero-order valence-electron chi connectivity index (χ0n) is 20.5. The average Bonchev–Trinajstić information content (AvgIpc) is 2.80. The van der Waals surface area contributed by atoms with Gasteiger partial charge in [-0.05, 0) is 57.1 Å². The van der Waals surface area contributed by atoms with Gasteiger partial charge < -0.3 is 15.2 Å². The molecule has 0 radical (unpaired) electrons. The van der Waals surface area contributed by atoms with Crippen LogP contribution in [0.4, 0.5) is 25.0 Å². The van der Waals surface area contributed by atoms with Gasteiger partial charge in [-0.25, -0.2) is 13.6 Å². The maximum Gasteiger partial charge on any atom is 0.326 e. The zero-order valence-corrected chi connectivity index (χ0v) is 20.5. The lowest BCUT2D eigenvalue weighted by atomic mass is 9.85. The lowest BCUT2D eigenvalue weighted by molar-refractivity contribution is -0.142. The number of alkyl halides is 2. The minimum absolute atomic E-state index is 0.116. The largest absolute Gasteiger partial charge is 0.489 e. The van der Waals surface area contributed by atoms with Crippen molar-refractivity contribution in [3.63, 3.8) is 0 Å². The Morgan fingerprint density at radius 1 is 1.11 bits per heavy atom. The number of carboxylic acids is 1. The molecule has 1 aromatic heterocycles. The van der Waals surface area contributed by atoms with E-state index >= 15 is 0 Å². The third kappa shape index (κ3) is 6.46. The van der Waals surface area contributed by atoms with Crippen LogP contribution in [-0.2, 0) is 4.79 Å². The van der Waals surface area contributed by atoms with Gasteiger partial charge in [0.1, 0.15) is 17.1 Å². The summed E-state index contributed by atoms with van der Waals surface area (Å²) in [7, 11) is 0. The Morgan fingerprint density at radius 3 is 2.34 bits per heavy atom. The number of nitrogens with zero attached hydrogens (tertiary/aromatic N) is 2. The number of amides is 2. The molecule has 190 valence electrons. The molecule has 1 saturated carbocycles. The number of urea groups is 1. The summed E-state index contributed by atoms with van der Waals surface area (Å²) in [5, 5.41) is 12.2. The van der Waals surface area contributed by atoms with Crippen LogP contribution in [0.15, 0.2) is 36.5 Å². The number of aliphatic carboxylic acids is 1. The van der Waals surface area contributed by atoms with E-state index in [4.69, 9.17) is 4.74 Å². The monoisotopic (exact) mass is 489 g/mol. The van der Waals surface area contributed by atoms with Crippen LogP contribution in [0.1, 0.15) is 77.0 Å². The molecule has 0 aliphatic heterocycles. The number of para-hydroxylation sites is 1. The highest BCUT2D eigenvalue weighted by Crippen LogP contribution is 2.36. The summed E-state index contributed by atoms with van der Waals surface area (Å²) in [6, 6.07) is 8.10. The van der Waals surface area contributed by atoms with Crippen LogP contribution in [-0.4, -0.2) is 34.2 Å². The van der Waals surface area contributed by atoms with E-state index in [2.05, 4.69) is 10.3 Å². The second-order valence-corrected chi connectivity index (χ2v) is 9.43. The van der Waals surface area contributed by atoms with E-state index in [9.17, 15) is 23.5 Å². The number of carboxylic acid groups (broad SMARTS) is 1. The first kappa shape index (κ1) is 26.4. The zero-order chi connectivity index (χ0) is 25.7. The Labute approximate surface area is 204 Å². The summed E-state index contributed by atoms with van der Waals surface area (Å²) >= 11 is 0. The predicted molar refractivity (Wildman–Crippen MR) is 130 cm³/mol. The fraction of sp³-hybridized carbons (Fsp3) is 0.500. The molecule has 2 amide bonds. The quantitative estimate of drug-likeness (QED) is 0.435. The van der Waals surface area contributed by atoms with Crippen molar-refractivity contribution in [2.24, 2.45) is 5.92 Å². The van der Waals surface area contributed by atoms with Gasteiger partial charge in [-0.1, -0.05) is 32.0 Å². The lowest BCUT2D eigenvalue weighted by Crippen LogP contribution is -2.46. The minimum Gasteiger partial charge on any atom is -0.489 e. The second-order valence-electron chi connectivity index (χ2n) is 9.43. The van der Waals surface area contributed by atoms with Crippen LogP contribution in [0.2, 0.25) is 0 Å². The van der Waals surface area contributed by atoms with Crippen LogP contribution < -0.4 is 15.0 Å². The van der Waals surface area contributed by atoms with Crippen molar-refractivity contribution in [1.82, 2.24) is 4.98 Å². The molecule has 2 aromatic rings. The van der Waals surface area contributed by atoms with E-state index in [-0.39, 0.29) is 29.5 Å². The highest BCUT2D eigenvalue weighted by atomic mass is 19.3. The van der Waals surface area contributed by atoms with Crippen LogP contribution in [0.25, 0.3) is 0 Å². The van der Waals surface area contributed by atoms with Gasteiger partial charge in [0.05, 0.1) is 18.2 Å². The number of hydrogen-bond acceptors (Lipinski definition) is 4. The maximum atomic E-state index is 13.7. The molecular weight excluding hydrogens is 456 g/mol. The van der Waals surface area contributed by atoms with Gasteiger partial charge in [0.15, 0.2) is 0 Å². The van der Waals surface area contributed by atoms with Crippen LogP contribution in [0.3, 0.4) is 0 Å². The first-order valence-corrected chi connectivity index (χ1v) is 11.9. The number of anilines is 2. The van der Waals surface area contributed by atoms with E-state index in [1.165, 1.54) is 6.20 Å². The van der Waals surface area contributed by atoms with Crippen molar-refractivity contribution in [3.05, 3.63) is 47.8 Å². The molecule has 0 unspecified atom stereocenters. The molecule has 1 aliphatic carbocycles. The van der Waals surface area contributed by atoms with E-state index in [0.29, 0.717) is 25.7 Å². The van der Waals surface area contributed by atoms with Crippen molar-refractivity contribution in [1.29, 1.82) is 0 Å². The summed E-state index contributed by atoms with van der Waals surface area (Å²) in [6.45, 7) is 7.61. The number of nitrogens with one attached hydrogen (secondary N) is 1. The first-order valence-electron chi connectivity index (χ1n) is 11.9. The number of rotatable bonds is 8. The topological polar surface area (TPSA) is 91.8 Å². The van der Waals surface area contributed by atoms with Crippen molar-refractivity contribution < 1.29 is 28.2 Å². The molecule has 0 spiro atoms. The highest BCUT2D eigenvalue weighted by Gasteiger charge is 2.34. The number of benzene rings is 1. The number of halogens is 2. The molecule has 1 heterocycles. The van der Waals surface area contributed by atoms with Gasteiger partial charge in [-0.2, -0.15) is 0 Å². The third-order valence-electron chi connectivity index (χ3n) is 6.16. The van der Waals surface area contributed by atoms with Crippen molar-refractivity contribution in [3.8, 4) is 5.75 Å².